The van der Waals surface area contributed by atoms with Gasteiger partial charge >= 0.3 is 0 Å². The van der Waals surface area contributed by atoms with Gasteiger partial charge < -0.3 is 24.2 Å². The number of rotatable bonds is 6. The van der Waals surface area contributed by atoms with Crippen molar-refractivity contribution in [3.8, 4) is 11.5 Å². The Hall–Kier alpha value is -2.32. The SMILES string of the molecule is COc1cc2c(N3CCN(C4CCCC4)CC3)nc(N(C)C)nc2cc1OC1CCN(C)C1. The highest BCUT2D eigenvalue weighted by Gasteiger charge is 2.28. The number of piperazine rings is 1. The van der Waals surface area contributed by atoms with Crippen molar-refractivity contribution in [1.29, 1.82) is 0 Å². The minimum absolute atomic E-state index is 0.180. The number of anilines is 2. The molecule has 1 saturated carbocycles. The average molecular weight is 455 g/mol. The molecule has 2 aromatic rings. The predicted octanol–water partition coefficient (Wildman–Crippen LogP) is 2.85. The number of likely N-dealkylation sites (N-methyl/N-ethyl adjacent to an activating group) is 1. The zero-order chi connectivity index (χ0) is 22.9. The van der Waals surface area contributed by atoms with Crippen LogP contribution in [0.5, 0.6) is 11.5 Å². The smallest absolute Gasteiger partial charge is 0.227 e. The summed E-state index contributed by atoms with van der Waals surface area (Å²) in [6, 6.07) is 4.89. The number of likely N-dealkylation sites (tertiary alicyclic amines) is 1. The topological polar surface area (TPSA) is 57.2 Å². The molecule has 3 aliphatic rings. The summed E-state index contributed by atoms with van der Waals surface area (Å²) in [6.07, 6.45) is 6.69. The maximum atomic E-state index is 6.37. The van der Waals surface area contributed by atoms with Crippen LogP contribution < -0.4 is 19.3 Å². The average Bonchev–Trinajstić information content (AvgIpc) is 3.50. The molecule has 1 aliphatic carbocycles. The van der Waals surface area contributed by atoms with Crippen molar-refractivity contribution in [2.75, 3.05) is 77.3 Å². The van der Waals surface area contributed by atoms with Crippen LogP contribution in [0.2, 0.25) is 0 Å². The Morgan fingerprint density at radius 2 is 1.70 bits per heavy atom. The van der Waals surface area contributed by atoms with Crippen molar-refractivity contribution < 1.29 is 9.47 Å². The highest BCUT2D eigenvalue weighted by Crippen LogP contribution is 2.38. The van der Waals surface area contributed by atoms with Gasteiger partial charge in [-0.15, -0.1) is 0 Å². The molecule has 5 rings (SSSR count). The molecule has 1 unspecified atom stereocenters. The van der Waals surface area contributed by atoms with E-state index in [0.717, 1.165) is 85.9 Å². The zero-order valence-corrected chi connectivity index (χ0v) is 20.6. The molecule has 8 nitrogen and oxygen atoms in total. The van der Waals surface area contributed by atoms with E-state index >= 15 is 0 Å². The van der Waals surface area contributed by atoms with Crippen molar-refractivity contribution in [2.24, 2.45) is 0 Å². The van der Waals surface area contributed by atoms with Crippen LogP contribution in [0, 0.1) is 0 Å². The molecule has 2 aliphatic heterocycles. The van der Waals surface area contributed by atoms with Gasteiger partial charge in [-0.2, -0.15) is 4.98 Å². The van der Waals surface area contributed by atoms with Crippen molar-refractivity contribution in [3.05, 3.63) is 12.1 Å². The third-order valence-electron chi connectivity index (χ3n) is 7.45. The van der Waals surface area contributed by atoms with Crippen LogP contribution in [0.1, 0.15) is 32.1 Å². The molecule has 0 radical (unpaired) electrons. The summed E-state index contributed by atoms with van der Waals surface area (Å²) in [5.41, 5.74) is 0.907. The minimum Gasteiger partial charge on any atom is -0.493 e. The molecule has 1 atom stereocenters. The summed E-state index contributed by atoms with van der Waals surface area (Å²) in [6.45, 7) is 6.17. The fourth-order valence-corrected chi connectivity index (χ4v) is 5.54. The normalized spacial score (nSPS) is 22.9. The van der Waals surface area contributed by atoms with Crippen LogP contribution in [-0.4, -0.2) is 99.4 Å². The molecule has 2 saturated heterocycles. The molecular weight excluding hydrogens is 416 g/mol. The lowest BCUT2D eigenvalue weighted by molar-refractivity contribution is 0.187. The molecule has 3 heterocycles. The van der Waals surface area contributed by atoms with E-state index in [1.165, 1.54) is 25.7 Å². The first-order chi connectivity index (χ1) is 16.0. The second-order valence-corrected chi connectivity index (χ2v) is 10.0. The first kappa shape index (κ1) is 22.5. The first-order valence-corrected chi connectivity index (χ1v) is 12.4. The Balaban J connectivity index is 1.45. The number of hydrogen-bond acceptors (Lipinski definition) is 8. The van der Waals surface area contributed by atoms with Gasteiger partial charge in [0.15, 0.2) is 11.5 Å². The molecule has 180 valence electrons. The number of benzene rings is 1. The molecule has 0 N–H and O–H groups in total. The lowest BCUT2D eigenvalue weighted by atomic mass is 10.1. The Labute approximate surface area is 197 Å². The molecule has 33 heavy (non-hydrogen) atoms. The van der Waals surface area contributed by atoms with Crippen LogP contribution in [0.15, 0.2) is 12.1 Å². The Morgan fingerprint density at radius 1 is 0.939 bits per heavy atom. The molecule has 8 heteroatoms. The number of nitrogens with zero attached hydrogens (tertiary/aromatic N) is 6. The van der Waals surface area contributed by atoms with Gasteiger partial charge in [0.1, 0.15) is 11.9 Å². The van der Waals surface area contributed by atoms with E-state index in [9.17, 15) is 0 Å². The van der Waals surface area contributed by atoms with E-state index in [1.807, 2.05) is 25.1 Å². The summed E-state index contributed by atoms with van der Waals surface area (Å²) in [7, 11) is 7.84. The maximum Gasteiger partial charge on any atom is 0.227 e. The maximum absolute atomic E-state index is 6.37. The molecule has 0 bridgehead atoms. The summed E-state index contributed by atoms with van der Waals surface area (Å²) >= 11 is 0. The molecule has 1 aromatic carbocycles. The van der Waals surface area contributed by atoms with Crippen molar-refractivity contribution in [3.63, 3.8) is 0 Å². The van der Waals surface area contributed by atoms with E-state index in [0.29, 0.717) is 0 Å². The van der Waals surface area contributed by atoms with Gasteiger partial charge in [-0.3, -0.25) is 4.90 Å². The van der Waals surface area contributed by atoms with E-state index in [4.69, 9.17) is 19.4 Å². The van der Waals surface area contributed by atoms with Crippen LogP contribution in [0.3, 0.4) is 0 Å². The predicted molar refractivity (Wildman–Crippen MR) is 133 cm³/mol. The summed E-state index contributed by atoms with van der Waals surface area (Å²) in [4.78, 5) is 19.2. The summed E-state index contributed by atoms with van der Waals surface area (Å²) in [5, 5.41) is 1.03. The number of hydrogen-bond donors (Lipinski definition) is 0. The third-order valence-corrected chi connectivity index (χ3v) is 7.45. The molecule has 3 fully saturated rings. The molecule has 0 spiro atoms. The van der Waals surface area contributed by atoms with E-state index < -0.39 is 0 Å². The highest BCUT2D eigenvalue weighted by molar-refractivity contribution is 5.93. The van der Waals surface area contributed by atoms with Crippen LogP contribution in [0.4, 0.5) is 11.8 Å². The molecule has 0 amide bonds. The van der Waals surface area contributed by atoms with Crippen LogP contribution >= 0.6 is 0 Å². The Kier molecular flexibility index (Phi) is 6.47. The van der Waals surface area contributed by atoms with Gasteiger partial charge in [-0.05, 0) is 32.4 Å². The van der Waals surface area contributed by atoms with E-state index in [-0.39, 0.29) is 6.10 Å². The number of ether oxygens (including phenoxy) is 2. The number of methoxy groups -OCH3 is 1. The highest BCUT2D eigenvalue weighted by atomic mass is 16.5. The van der Waals surface area contributed by atoms with Crippen molar-refractivity contribution in [2.45, 2.75) is 44.2 Å². The fourth-order valence-electron chi connectivity index (χ4n) is 5.54. The minimum atomic E-state index is 0.180. The summed E-state index contributed by atoms with van der Waals surface area (Å²) < 4.78 is 12.1. The van der Waals surface area contributed by atoms with E-state index in [1.54, 1.807) is 7.11 Å². The Morgan fingerprint density at radius 3 is 2.33 bits per heavy atom. The quantitative estimate of drug-likeness (QED) is 0.661. The van der Waals surface area contributed by atoms with Crippen LogP contribution in [0.25, 0.3) is 10.9 Å². The van der Waals surface area contributed by atoms with Gasteiger partial charge in [-0.1, -0.05) is 12.8 Å². The van der Waals surface area contributed by atoms with Crippen LogP contribution in [-0.2, 0) is 0 Å². The lowest BCUT2D eigenvalue weighted by Gasteiger charge is -2.39. The second kappa shape index (κ2) is 9.50. The van der Waals surface area contributed by atoms with Gasteiger partial charge in [0.25, 0.3) is 0 Å². The summed E-state index contributed by atoms with van der Waals surface area (Å²) in [5.74, 6) is 3.25. The third kappa shape index (κ3) is 4.68. The van der Waals surface area contributed by atoms with Crippen molar-refractivity contribution >= 4 is 22.7 Å². The second-order valence-electron chi connectivity index (χ2n) is 10.0. The largest absolute Gasteiger partial charge is 0.493 e. The zero-order valence-electron chi connectivity index (χ0n) is 20.6. The Bertz CT molecular complexity index is 969. The monoisotopic (exact) mass is 454 g/mol. The number of aromatic nitrogens is 2. The first-order valence-electron chi connectivity index (χ1n) is 12.4. The molecular formula is C25H38N6O2. The molecule has 1 aromatic heterocycles. The van der Waals surface area contributed by atoms with Gasteiger partial charge in [-0.25, -0.2) is 4.98 Å². The van der Waals surface area contributed by atoms with Gasteiger partial charge in [0.05, 0.1) is 12.6 Å². The standard InChI is InChI=1S/C25H38N6O2/c1-28(2)25-26-21-16-23(33-19-9-10-29(3)17-19)22(32-4)15-20(21)24(27-25)31-13-11-30(12-14-31)18-7-5-6-8-18/h15-16,18-19H,5-14,17H2,1-4H3. The van der Waals surface area contributed by atoms with Crippen molar-refractivity contribution in [1.82, 2.24) is 19.8 Å². The van der Waals surface area contributed by atoms with E-state index in [2.05, 4.69) is 27.8 Å². The lowest BCUT2D eigenvalue weighted by Crippen LogP contribution is -2.50. The number of fused-ring (bicyclic) bond motifs is 1. The van der Waals surface area contributed by atoms with Gasteiger partial charge in [0.2, 0.25) is 5.95 Å². The van der Waals surface area contributed by atoms with Gasteiger partial charge in [0, 0.05) is 70.9 Å². The fraction of sp³-hybridized carbons (Fsp3) is 0.680.